The minimum absolute atomic E-state index is 0.00245. The predicted molar refractivity (Wildman–Crippen MR) is 88.0 cm³/mol. The van der Waals surface area contributed by atoms with E-state index in [1.807, 2.05) is 0 Å². The number of ether oxygens (including phenoxy) is 1. The molecule has 4 aliphatic carbocycles. The fourth-order valence-electron chi connectivity index (χ4n) is 6.31. The van der Waals surface area contributed by atoms with Gasteiger partial charge in [-0.25, -0.2) is 4.39 Å². The molecule has 0 spiro atoms. The second-order valence-corrected chi connectivity index (χ2v) is 8.57. The zero-order chi connectivity index (χ0) is 17.1. The molecule has 0 N–H and O–H groups in total. The maximum absolute atomic E-state index is 13.8. The molecular weight excluding hydrogens is 307 g/mol. The fraction of sp³-hybridized carbons (Fsp3) is 0.800. The van der Waals surface area contributed by atoms with Gasteiger partial charge < -0.3 is 4.74 Å². The van der Waals surface area contributed by atoms with Crippen LogP contribution in [0.5, 0.6) is 0 Å². The third-order valence-electron chi connectivity index (χ3n) is 7.40. The fourth-order valence-corrected chi connectivity index (χ4v) is 6.31. The molecule has 2 fully saturated rings. The van der Waals surface area contributed by atoms with Gasteiger partial charge in [-0.1, -0.05) is 12.5 Å². The average molecular weight is 334 g/mol. The Balaban J connectivity index is 1.63. The van der Waals surface area contributed by atoms with E-state index in [4.69, 9.17) is 4.74 Å². The Kier molecular flexibility index (Phi) is 3.85. The quantitative estimate of drug-likeness (QED) is 0.677. The number of Topliss-reactive ketones (excluding diaryl/α,β-unsaturated/α-hetero) is 1. The Morgan fingerprint density at radius 3 is 2.75 bits per heavy atom. The zero-order valence-electron chi connectivity index (χ0n) is 14.6. The minimum atomic E-state index is -0.835. The van der Waals surface area contributed by atoms with Gasteiger partial charge in [-0.05, 0) is 61.9 Å². The van der Waals surface area contributed by atoms with Gasteiger partial charge >= 0.3 is 5.97 Å². The van der Waals surface area contributed by atoms with Gasteiger partial charge in [0.05, 0.1) is 0 Å². The zero-order valence-corrected chi connectivity index (χ0v) is 14.6. The maximum atomic E-state index is 13.8. The highest BCUT2D eigenvalue weighted by Gasteiger charge is 2.57. The molecule has 0 aromatic rings. The summed E-state index contributed by atoms with van der Waals surface area (Å²) in [6.07, 6.45) is 5.46. The van der Waals surface area contributed by atoms with Gasteiger partial charge in [-0.3, -0.25) is 9.59 Å². The van der Waals surface area contributed by atoms with E-state index in [2.05, 4.69) is 6.92 Å². The second-order valence-electron chi connectivity index (χ2n) is 8.57. The highest BCUT2D eigenvalue weighted by molar-refractivity contribution is 5.97. The van der Waals surface area contributed by atoms with Crippen molar-refractivity contribution in [2.24, 2.45) is 23.2 Å². The first-order valence-electron chi connectivity index (χ1n) is 9.46. The second kappa shape index (κ2) is 5.67. The predicted octanol–water partition coefficient (Wildman–Crippen LogP) is 4.15. The van der Waals surface area contributed by atoms with Crippen molar-refractivity contribution in [2.45, 2.75) is 77.5 Å². The highest BCUT2D eigenvalue weighted by atomic mass is 19.1. The maximum Gasteiger partial charge on any atom is 0.302 e. The minimum Gasteiger partial charge on any atom is -0.462 e. The third kappa shape index (κ3) is 2.36. The van der Waals surface area contributed by atoms with Crippen LogP contribution in [0, 0.1) is 23.2 Å². The Morgan fingerprint density at radius 1 is 1.21 bits per heavy atom. The summed E-state index contributed by atoms with van der Waals surface area (Å²) in [5.41, 5.74) is 2.11. The van der Waals surface area contributed by atoms with Crippen LogP contribution in [0.15, 0.2) is 11.1 Å². The largest absolute Gasteiger partial charge is 0.462 e. The van der Waals surface area contributed by atoms with Crippen LogP contribution < -0.4 is 0 Å². The van der Waals surface area contributed by atoms with Crippen LogP contribution in [0.1, 0.15) is 65.2 Å². The molecule has 2 unspecified atom stereocenters. The number of fused-ring (bicyclic) bond motifs is 4. The summed E-state index contributed by atoms with van der Waals surface area (Å²) < 4.78 is 19.4. The van der Waals surface area contributed by atoms with Gasteiger partial charge in [-0.2, -0.15) is 0 Å². The Hall–Kier alpha value is -1.19. The lowest BCUT2D eigenvalue weighted by Gasteiger charge is -2.51. The first-order valence-corrected chi connectivity index (χ1v) is 9.46. The molecule has 2 saturated carbocycles. The van der Waals surface area contributed by atoms with Crippen molar-refractivity contribution < 1.29 is 18.7 Å². The van der Waals surface area contributed by atoms with Crippen LogP contribution in [-0.2, 0) is 14.3 Å². The van der Waals surface area contributed by atoms with Crippen molar-refractivity contribution in [3.05, 3.63) is 11.1 Å². The van der Waals surface area contributed by atoms with E-state index in [0.717, 1.165) is 37.7 Å². The van der Waals surface area contributed by atoms with Crippen LogP contribution >= 0.6 is 0 Å². The highest BCUT2D eigenvalue weighted by Crippen LogP contribution is 2.61. The number of esters is 1. The summed E-state index contributed by atoms with van der Waals surface area (Å²) in [5, 5.41) is 0. The first-order chi connectivity index (χ1) is 11.4. The van der Waals surface area contributed by atoms with Gasteiger partial charge in [0, 0.05) is 25.2 Å². The molecule has 0 saturated heterocycles. The molecule has 0 aromatic heterocycles. The monoisotopic (exact) mass is 334 g/mol. The molecule has 0 aromatic carbocycles. The number of ketones is 1. The average Bonchev–Trinajstić information content (AvgIpc) is 2.84. The Morgan fingerprint density at radius 2 is 2.00 bits per heavy atom. The van der Waals surface area contributed by atoms with Gasteiger partial charge in [0.2, 0.25) is 0 Å². The smallest absolute Gasteiger partial charge is 0.302 e. The molecular formula is C20H27FO3. The molecule has 0 amide bonds. The van der Waals surface area contributed by atoms with Gasteiger partial charge in [0.1, 0.15) is 12.3 Å². The first kappa shape index (κ1) is 16.3. The number of halogens is 1. The summed E-state index contributed by atoms with van der Waals surface area (Å²) in [5.74, 6) is 1.26. The lowest BCUT2D eigenvalue weighted by Crippen LogP contribution is -2.47. The van der Waals surface area contributed by atoms with E-state index >= 15 is 0 Å². The van der Waals surface area contributed by atoms with E-state index in [1.165, 1.54) is 12.5 Å². The number of carbonyl (C=O) groups excluding carboxylic acids is 2. The summed E-state index contributed by atoms with van der Waals surface area (Å²) in [6, 6.07) is 0. The molecule has 6 atom stereocenters. The molecule has 0 radical (unpaired) electrons. The number of rotatable bonds is 1. The summed E-state index contributed by atoms with van der Waals surface area (Å²) in [6.45, 7) is 3.74. The SMILES string of the molecule is CC(=O)OC1CC[C@H]2[C@@H]3CC(=O)C4=C(CCC(F)C4)[C@H]3CC[C@]12C. The van der Waals surface area contributed by atoms with Crippen LogP contribution in [0.4, 0.5) is 4.39 Å². The number of allylic oxidation sites excluding steroid dienone is 2. The van der Waals surface area contributed by atoms with Crippen molar-refractivity contribution in [1.29, 1.82) is 0 Å². The van der Waals surface area contributed by atoms with E-state index in [9.17, 15) is 14.0 Å². The van der Waals surface area contributed by atoms with E-state index < -0.39 is 6.17 Å². The van der Waals surface area contributed by atoms with E-state index in [-0.39, 0.29) is 23.3 Å². The van der Waals surface area contributed by atoms with Crippen molar-refractivity contribution in [3.63, 3.8) is 0 Å². The lowest BCUT2D eigenvalue weighted by molar-refractivity contribution is -0.155. The van der Waals surface area contributed by atoms with Crippen LogP contribution in [0.25, 0.3) is 0 Å². The van der Waals surface area contributed by atoms with Crippen molar-refractivity contribution >= 4 is 11.8 Å². The topological polar surface area (TPSA) is 43.4 Å². The number of hydrogen-bond donors (Lipinski definition) is 0. The molecule has 0 bridgehead atoms. The molecule has 0 heterocycles. The van der Waals surface area contributed by atoms with Gasteiger partial charge in [-0.15, -0.1) is 0 Å². The van der Waals surface area contributed by atoms with Crippen LogP contribution in [0.3, 0.4) is 0 Å². The lowest BCUT2D eigenvalue weighted by atomic mass is 9.54. The summed E-state index contributed by atoms with van der Waals surface area (Å²) in [4.78, 5) is 24.1. The molecule has 4 heteroatoms. The molecule has 0 aliphatic heterocycles. The van der Waals surface area contributed by atoms with Crippen molar-refractivity contribution in [1.82, 2.24) is 0 Å². The molecule has 3 nitrogen and oxygen atoms in total. The molecule has 24 heavy (non-hydrogen) atoms. The summed E-state index contributed by atoms with van der Waals surface area (Å²) >= 11 is 0. The number of carbonyl (C=O) groups is 2. The van der Waals surface area contributed by atoms with Crippen LogP contribution in [0.2, 0.25) is 0 Å². The molecule has 132 valence electrons. The van der Waals surface area contributed by atoms with Crippen molar-refractivity contribution in [2.75, 3.05) is 0 Å². The number of hydrogen-bond acceptors (Lipinski definition) is 3. The Labute approximate surface area is 143 Å². The number of alkyl halides is 1. The molecule has 4 aliphatic rings. The summed E-state index contributed by atoms with van der Waals surface area (Å²) in [7, 11) is 0. The van der Waals surface area contributed by atoms with Gasteiger partial charge in [0.25, 0.3) is 0 Å². The normalized spacial score (nSPS) is 44.6. The standard InChI is InChI=1S/C20H27FO3/c1-11(22)24-19-6-5-17-15-10-18(23)16-9-12(21)3-4-13(16)14(15)7-8-20(17,19)2/h12,14-15,17,19H,3-10H2,1-2H3/t12?,14-,15-,17+,19?,20+/m1/s1. The van der Waals surface area contributed by atoms with E-state index in [1.54, 1.807) is 0 Å². The van der Waals surface area contributed by atoms with E-state index in [0.29, 0.717) is 37.0 Å². The van der Waals surface area contributed by atoms with Crippen molar-refractivity contribution in [3.8, 4) is 0 Å². The molecule has 4 rings (SSSR count). The Bertz CT molecular complexity index is 610. The third-order valence-corrected chi connectivity index (χ3v) is 7.40. The van der Waals surface area contributed by atoms with Gasteiger partial charge in [0.15, 0.2) is 5.78 Å². The van der Waals surface area contributed by atoms with Crippen LogP contribution in [-0.4, -0.2) is 24.0 Å².